The number of rotatable bonds is 7. The van der Waals surface area contributed by atoms with Crippen LogP contribution in [0.25, 0.3) is 0 Å². The van der Waals surface area contributed by atoms with E-state index in [1.54, 1.807) is 6.92 Å². The van der Waals surface area contributed by atoms with Crippen molar-refractivity contribution >= 4 is 11.7 Å². The molecule has 0 N–H and O–H groups in total. The molecule has 0 atom stereocenters. The van der Waals surface area contributed by atoms with Gasteiger partial charge >= 0.3 is 0 Å². The topological polar surface area (TPSA) is 53.5 Å². The molecule has 1 aliphatic heterocycles. The van der Waals surface area contributed by atoms with E-state index >= 15 is 0 Å². The average Bonchev–Trinajstić information content (AvgIpc) is 2.67. The maximum absolute atomic E-state index is 12.7. The van der Waals surface area contributed by atoms with Crippen LogP contribution in [0.3, 0.4) is 0 Å². The molecule has 5 nitrogen and oxygen atoms in total. The second-order valence-corrected chi connectivity index (χ2v) is 8.23. The van der Waals surface area contributed by atoms with Gasteiger partial charge in [-0.25, -0.2) is 0 Å². The first-order valence-corrected chi connectivity index (χ1v) is 10.5. The quantitative estimate of drug-likeness (QED) is 0.739. The summed E-state index contributed by atoms with van der Waals surface area (Å²) in [5.74, 6) is 0.573. The number of carbonyl (C=O) groups excluding carboxylic acids is 2. The second-order valence-electron chi connectivity index (χ2n) is 8.23. The molecule has 0 saturated carbocycles. The van der Waals surface area contributed by atoms with Crippen molar-refractivity contribution < 1.29 is 9.59 Å². The van der Waals surface area contributed by atoms with Crippen LogP contribution in [-0.4, -0.2) is 59.7 Å². The van der Waals surface area contributed by atoms with Crippen LogP contribution in [0.15, 0.2) is 12.1 Å². The highest BCUT2D eigenvalue weighted by molar-refractivity contribution is 5.79. The minimum atomic E-state index is 0.111. The van der Waals surface area contributed by atoms with Gasteiger partial charge in [0.15, 0.2) is 0 Å². The van der Waals surface area contributed by atoms with Crippen LogP contribution < -0.4 is 0 Å². The van der Waals surface area contributed by atoms with E-state index in [0.29, 0.717) is 6.54 Å². The van der Waals surface area contributed by atoms with Gasteiger partial charge in [-0.05, 0) is 83.0 Å². The van der Waals surface area contributed by atoms with E-state index in [9.17, 15) is 9.59 Å². The van der Waals surface area contributed by atoms with E-state index in [1.807, 2.05) is 11.9 Å². The maximum atomic E-state index is 12.7. The Morgan fingerprint density at radius 1 is 1.19 bits per heavy atom. The number of amides is 1. The largest absolute Gasteiger partial charge is 0.346 e. The van der Waals surface area contributed by atoms with Crippen LogP contribution in [0.5, 0.6) is 0 Å². The Morgan fingerprint density at radius 3 is 2.67 bits per heavy atom. The molecule has 3 rings (SSSR count). The highest BCUT2D eigenvalue weighted by Gasteiger charge is 2.27. The van der Waals surface area contributed by atoms with Gasteiger partial charge < -0.3 is 4.90 Å². The van der Waals surface area contributed by atoms with Gasteiger partial charge in [0.1, 0.15) is 5.78 Å². The summed E-state index contributed by atoms with van der Waals surface area (Å²) in [5.41, 5.74) is 3.88. The fourth-order valence-electron chi connectivity index (χ4n) is 4.34. The average molecular weight is 372 g/mol. The van der Waals surface area contributed by atoms with Crippen molar-refractivity contribution in [1.82, 2.24) is 14.8 Å². The maximum Gasteiger partial charge on any atom is 0.225 e. The molecule has 1 aromatic heterocycles. The molecule has 0 radical (unpaired) electrons. The van der Waals surface area contributed by atoms with Gasteiger partial charge in [0, 0.05) is 30.9 Å². The summed E-state index contributed by atoms with van der Waals surface area (Å²) < 4.78 is 0. The second kappa shape index (κ2) is 9.45. The Morgan fingerprint density at radius 2 is 1.93 bits per heavy atom. The number of carbonyl (C=O) groups is 2. The molecule has 2 aliphatic rings. The first kappa shape index (κ1) is 20.0. The zero-order valence-electron chi connectivity index (χ0n) is 16.9. The summed E-state index contributed by atoms with van der Waals surface area (Å²) >= 11 is 0. The predicted octanol–water partition coefficient (Wildman–Crippen LogP) is 2.65. The monoisotopic (exact) mass is 371 g/mol. The van der Waals surface area contributed by atoms with Crippen molar-refractivity contribution in [1.29, 1.82) is 0 Å². The van der Waals surface area contributed by atoms with Crippen LogP contribution in [0.2, 0.25) is 0 Å². The number of likely N-dealkylation sites (tertiary alicyclic amines) is 1. The van der Waals surface area contributed by atoms with Gasteiger partial charge in [0.25, 0.3) is 0 Å². The fourth-order valence-corrected chi connectivity index (χ4v) is 4.34. The van der Waals surface area contributed by atoms with E-state index < -0.39 is 0 Å². The SMILES string of the molecule is CC(=O)CN1CCC(C(=O)N(C)CCCc2ccc3c(n2)CCCC3)CC1. The van der Waals surface area contributed by atoms with E-state index in [1.165, 1.54) is 30.5 Å². The zero-order valence-corrected chi connectivity index (χ0v) is 16.9. The standard InChI is InChI=1S/C22H33N3O2/c1-17(26)16-25-14-11-19(12-15-25)22(27)24(2)13-5-7-20-10-9-18-6-3-4-8-21(18)23-20/h9-10,19H,3-8,11-16H2,1-2H3. The number of Topliss-reactive ketones (excluding diaryl/α,β-unsaturated/α-hetero) is 1. The minimum absolute atomic E-state index is 0.111. The van der Waals surface area contributed by atoms with Gasteiger partial charge in [-0.3, -0.25) is 19.5 Å². The molecule has 1 aliphatic carbocycles. The summed E-state index contributed by atoms with van der Waals surface area (Å²) in [7, 11) is 1.92. The number of pyridine rings is 1. The molecule has 148 valence electrons. The van der Waals surface area contributed by atoms with Crippen molar-refractivity contribution in [3.8, 4) is 0 Å². The molecule has 0 unspecified atom stereocenters. The molecule has 1 fully saturated rings. The van der Waals surface area contributed by atoms with Crippen molar-refractivity contribution in [2.45, 2.75) is 58.3 Å². The number of aromatic nitrogens is 1. The lowest BCUT2D eigenvalue weighted by molar-refractivity contribution is -0.135. The molecule has 2 heterocycles. The normalized spacial score (nSPS) is 18.1. The van der Waals surface area contributed by atoms with Crippen molar-refractivity contribution in [2.75, 3.05) is 33.2 Å². The number of nitrogens with zero attached hydrogens (tertiary/aromatic N) is 3. The van der Waals surface area contributed by atoms with Crippen LogP contribution >= 0.6 is 0 Å². The lowest BCUT2D eigenvalue weighted by atomic mass is 9.95. The molecule has 5 heteroatoms. The van der Waals surface area contributed by atoms with Crippen molar-refractivity contribution in [3.63, 3.8) is 0 Å². The summed E-state index contributed by atoms with van der Waals surface area (Å²) in [6.07, 6.45) is 8.44. The molecule has 27 heavy (non-hydrogen) atoms. The van der Waals surface area contributed by atoms with Crippen LogP contribution in [-0.2, 0) is 28.9 Å². The number of ketones is 1. The third kappa shape index (κ3) is 5.61. The number of fused-ring (bicyclic) bond motifs is 1. The highest BCUT2D eigenvalue weighted by Crippen LogP contribution is 2.21. The summed E-state index contributed by atoms with van der Waals surface area (Å²) in [5, 5.41) is 0. The Labute approximate surface area is 163 Å². The van der Waals surface area contributed by atoms with Crippen LogP contribution in [0.4, 0.5) is 0 Å². The van der Waals surface area contributed by atoms with E-state index in [-0.39, 0.29) is 17.6 Å². The zero-order chi connectivity index (χ0) is 19.2. The number of hydrogen-bond donors (Lipinski definition) is 0. The number of piperidine rings is 1. The van der Waals surface area contributed by atoms with E-state index in [2.05, 4.69) is 17.0 Å². The molecular formula is C22H33N3O2. The third-order valence-corrected chi connectivity index (χ3v) is 5.92. The summed E-state index contributed by atoms with van der Waals surface area (Å²) in [6.45, 7) is 4.63. The molecule has 1 saturated heterocycles. The van der Waals surface area contributed by atoms with Crippen LogP contribution in [0.1, 0.15) is 56.0 Å². The fraction of sp³-hybridized carbons (Fsp3) is 0.682. The minimum Gasteiger partial charge on any atom is -0.346 e. The van der Waals surface area contributed by atoms with Crippen LogP contribution in [0, 0.1) is 5.92 Å². The first-order chi connectivity index (χ1) is 13.0. The van der Waals surface area contributed by atoms with Gasteiger partial charge in [-0.1, -0.05) is 6.07 Å². The Kier molecular flexibility index (Phi) is 7.00. The molecule has 0 aromatic carbocycles. The number of aryl methyl sites for hydroxylation is 3. The molecule has 0 bridgehead atoms. The highest BCUT2D eigenvalue weighted by atomic mass is 16.2. The van der Waals surface area contributed by atoms with Crippen molar-refractivity contribution in [3.05, 3.63) is 29.1 Å². The smallest absolute Gasteiger partial charge is 0.225 e. The first-order valence-electron chi connectivity index (χ1n) is 10.5. The van der Waals surface area contributed by atoms with E-state index in [0.717, 1.165) is 57.4 Å². The summed E-state index contributed by atoms with van der Waals surface area (Å²) in [6, 6.07) is 4.41. The van der Waals surface area contributed by atoms with Crippen molar-refractivity contribution in [2.24, 2.45) is 5.92 Å². The lowest BCUT2D eigenvalue weighted by Crippen LogP contribution is -2.42. The Bertz CT molecular complexity index is 666. The lowest BCUT2D eigenvalue weighted by Gasteiger charge is -2.32. The molecule has 1 amide bonds. The Balaban J connectivity index is 1.41. The predicted molar refractivity (Wildman–Crippen MR) is 107 cm³/mol. The molecule has 0 spiro atoms. The Hall–Kier alpha value is -1.75. The summed E-state index contributed by atoms with van der Waals surface area (Å²) in [4.78, 5) is 32.8. The van der Waals surface area contributed by atoms with E-state index in [4.69, 9.17) is 4.98 Å². The molecule has 1 aromatic rings. The molecular weight excluding hydrogens is 338 g/mol. The van der Waals surface area contributed by atoms with Gasteiger partial charge in [0.2, 0.25) is 5.91 Å². The van der Waals surface area contributed by atoms with Gasteiger partial charge in [-0.15, -0.1) is 0 Å². The third-order valence-electron chi connectivity index (χ3n) is 5.92. The van der Waals surface area contributed by atoms with Gasteiger partial charge in [0.05, 0.1) is 6.54 Å². The number of hydrogen-bond acceptors (Lipinski definition) is 4. The van der Waals surface area contributed by atoms with Gasteiger partial charge in [-0.2, -0.15) is 0 Å².